The van der Waals surface area contributed by atoms with E-state index in [1.54, 1.807) is 24.3 Å². The summed E-state index contributed by atoms with van der Waals surface area (Å²) in [7, 11) is 0. The molecule has 0 aliphatic rings. The number of aryl methyl sites for hydroxylation is 1. The van der Waals surface area contributed by atoms with E-state index < -0.39 is 0 Å². The van der Waals surface area contributed by atoms with Gasteiger partial charge in [-0.25, -0.2) is 4.39 Å². The third-order valence-corrected chi connectivity index (χ3v) is 3.87. The fourth-order valence-corrected chi connectivity index (χ4v) is 2.79. The van der Waals surface area contributed by atoms with Gasteiger partial charge in [0.1, 0.15) is 17.3 Å². The van der Waals surface area contributed by atoms with Gasteiger partial charge < -0.3 is 4.52 Å². The van der Waals surface area contributed by atoms with Crippen LogP contribution >= 0.6 is 11.3 Å². The maximum atomic E-state index is 13.9. The second-order valence-electron chi connectivity index (χ2n) is 4.43. The van der Waals surface area contributed by atoms with Gasteiger partial charge in [0.05, 0.1) is 5.56 Å². The number of halogens is 1. The zero-order valence-electron chi connectivity index (χ0n) is 10.8. The number of aromatic nitrogens is 5. The molecule has 0 atom stereocenters. The van der Waals surface area contributed by atoms with Crippen molar-refractivity contribution in [3.05, 3.63) is 41.9 Å². The minimum atomic E-state index is -0.362. The van der Waals surface area contributed by atoms with Crippen molar-refractivity contribution >= 4 is 16.3 Å². The van der Waals surface area contributed by atoms with Crippen LogP contribution in [-0.2, 0) is 0 Å². The molecule has 0 radical (unpaired) electrons. The summed E-state index contributed by atoms with van der Waals surface area (Å²) in [5.41, 5.74) is 0.987. The van der Waals surface area contributed by atoms with Crippen LogP contribution in [0, 0.1) is 12.7 Å². The molecule has 0 aliphatic carbocycles. The van der Waals surface area contributed by atoms with Gasteiger partial charge in [-0.3, -0.25) is 0 Å². The van der Waals surface area contributed by atoms with Gasteiger partial charge in [0.2, 0.25) is 4.96 Å². The van der Waals surface area contributed by atoms with Gasteiger partial charge in [0.15, 0.2) is 10.8 Å². The molecule has 8 heteroatoms. The fourth-order valence-electron chi connectivity index (χ4n) is 2.00. The lowest BCUT2D eigenvalue weighted by molar-refractivity contribution is 0.399. The highest BCUT2D eigenvalue weighted by Crippen LogP contribution is 2.28. The Hall–Kier alpha value is -2.61. The predicted octanol–water partition coefficient (Wildman–Crippen LogP) is 2.96. The molecule has 0 unspecified atom stereocenters. The minimum absolute atomic E-state index is 0.359. The number of benzene rings is 1. The Morgan fingerprint density at radius 2 is 2.10 bits per heavy atom. The summed E-state index contributed by atoms with van der Waals surface area (Å²) in [6.45, 7) is 1.81. The monoisotopic (exact) mass is 301 g/mol. The molecule has 21 heavy (non-hydrogen) atoms. The molecular weight excluding hydrogens is 293 g/mol. The van der Waals surface area contributed by atoms with Crippen LogP contribution in [0.25, 0.3) is 27.1 Å². The lowest BCUT2D eigenvalue weighted by Crippen LogP contribution is -1.93. The molecule has 4 rings (SSSR count). The van der Waals surface area contributed by atoms with E-state index in [1.165, 1.54) is 21.9 Å². The Bertz CT molecular complexity index is 941. The first-order valence-electron chi connectivity index (χ1n) is 6.13. The van der Waals surface area contributed by atoms with Crippen molar-refractivity contribution in [1.29, 1.82) is 0 Å². The molecule has 0 aliphatic heterocycles. The summed E-state index contributed by atoms with van der Waals surface area (Å²) in [4.78, 5) is 0.573. The topological polar surface area (TPSA) is 69.1 Å². The first kappa shape index (κ1) is 12.2. The molecule has 0 spiro atoms. The van der Waals surface area contributed by atoms with Crippen molar-refractivity contribution in [3.8, 4) is 22.1 Å². The molecule has 3 aromatic heterocycles. The van der Waals surface area contributed by atoms with E-state index in [1.807, 2.05) is 6.92 Å². The van der Waals surface area contributed by atoms with Crippen molar-refractivity contribution in [3.63, 3.8) is 0 Å². The van der Waals surface area contributed by atoms with E-state index in [-0.39, 0.29) is 5.82 Å². The summed E-state index contributed by atoms with van der Waals surface area (Å²) >= 11 is 1.32. The van der Waals surface area contributed by atoms with Crippen LogP contribution < -0.4 is 0 Å². The van der Waals surface area contributed by atoms with E-state index in [9.17, 15) is 4.39 Å². The lowest BCUT2D eigenvalue weighted by atomic mass is 10.2. The maximum Gasteiger partial charge on any atom is 0.235 e. The van der Waals surface area contributed by atoms with E-state index in [0.29, 0.717) is 32.8 Å². The molecule has 4 aromatic rings. The van der Waals surface area contributed by atoms with Crippen LogP contribution in [0.15, 0.2) is 34.9 Å². The molecule has 6 nitrogen and oxygen atoms in total. The molecule has 0 amide bonds. The predicted molar refractivity (Wildman–Crippen MR) is 74.3 cm³/mol. The quantitative estimate of drug-likeness (QED) is 0.569. The zero-order valence-corrected chi connectivity index (χ0v) is 11.6. The molecule has 1 aromatic carbocycles. The number of hydrogen-bond acceptors (Lipinski definition) is 6. The maximum absolute atomic E-state index is 13.9. The highest BCUT2D eigenvalue weighted by Gasteiger charge is 2.18. The van der Waals surface area contributed by atoms with Gasteiger partial charge in [-0.2, -0.15) is 9.61 Å². The number of rotatable bonds is 2. The molecular formula is C13H8FN5OS. The third-order valence-electron chi connectivity index (χ3n) is 2.95. The molecule has 0 bridgehead atoms. The zero-order chi connectivity index (χ0) is 14.4. The van der Waals surface area contributed by atoms with Gasteiger partial charge in [0.25, 0.3) is 0 Å². The van der Waals surface area contributed by atoms with Crippen molar-refractivity contribution in [1.82, 2.24) is 25.0 Å². The Morgan fingerprint density at radius 1 is 1.24 bits per heavy atom. The Morgan fingerprint density at radius 3 is 2.86 bits per heavy atom. The molecule has 104 valence electrons. The third kappa shape index (κ3) is 1.91. The Labute approximate surface area is 121 Å². The first-order chi connectivity index (χ1) is 10.2. The highest BCUT2D eigenvalue weighted by molar-refractivity contribution is 7.19. The van der Waals surface area contributed by atoms with E-state index in [4.69, 9.17) is 4.52 Å². The van der Waals surface area contributed by atoms with Gasteiger partial charge >= 0.3 is 0 Å². The van der Waals surface area contributed by atoms with E-state index >= 15 is 0 Å². The van der Waals surface area contributed by atoms with Crippen LogP contribution in [0.5, 0.6) is 0 Å². The average molecular weight is 301 g/mol. The van der Waals surface area contributed by atoms with Gasteiger partial charge in [-0.1, -0.05) is 28.6 Å². The standard InChI is InChI=1S/C13H8FN5OS/c1-7-6-10(18-20-7)12-17-19-11(15-16-13(19)21-12)8-4-2-3-5-9(8)14/h2-6H,1H3. The van der Waals surface area contributed by atoms with Crippen LogP contribution in [0.3, 0.4) is 0 Å². The van der Waals surface area contributed by atoms with E-state index in [2.05, 4.69) is 20.5 Å². The minimum Gasteiger partial charge on any atom is -0.361 e. The van der Waals surface area contributed by atoms with Gasteiger partial charge in [0, 0.05) is 6.07 Å². The summed E-state index contributed by atoms with van der Waals surface area (Å²) in [6.07, 6.45) is 0. The van der Waals surface area contributed by atoms with Crippen molar-refractivity contribution in [2.75, 3.05) is 0 Å². The number of fused-ring (bicyclic) bond motifs is 1. The lowest BCUT2D eigenvalue weighted by Gasteiger charge is -1.97. The molecule has 3 heterocycles. The van der Waals surface area contributed by atoms with Crippen LogP contribution in [0.4, 0.5) is 4.39 Å². The molecule has 0 saturated carbocycles. The van der Waals surface area contributed by atoms with Crippen molar-refractivity contribution in [2.45, 2.75) is 6.92 Å². The van der Waals surface area contributed by atoms with Crippen molar-refractivity contribution in [2.24, 2.45) is 0 Å². The highest BCUT2D eigenvalue weighted by atomic mass is 32.1. The number of nitrogens with zero attached hydrogens (tertiary/aromatic N) is 5. The average Bonchev–Trinajstić information content (AvgIpc) is 3.14. The molecule has 0 saturated heterocycles. The summed E-state index contributed by atoms with van der Waals surface area (Å²) in [5, 5.41) is 17.0. The smallest absolute Gasteiger partial charge is 0.235 e. The fraction of sp³-hybridized carbons (Fsp3) is 0.0769. The van der Waals surface area contributed by atoms with Crippen LogP contribution in [0.2, 0.25) is 0 Å². The van der Waals surface area contributed by atoms with Crippen LogP contribution in [-0.4, -0.2) is 25.0 Å². The van der Waals surface area contributed by atoms with Gasteiger partial charge in [-0.15, -0.1) is 10.2 Å². The Kier molecular flexibility index (Phi) is 2.58. The first-order valence-corrected chi connectivity index (χ1v) is 6.95. The second kappa shape index (κ2) is 4.45. The molecule has 0 fully saturated rings. The molecule has 0 N–H and O–H groups in total. The van der Waals surface area contributed by atoms with E-state index in [0.717, 1.165) is 0 Å². The SMILES string of the molecule is Cc1cc(-c2nn3c(-c4ccccc4F)nnc3s2)no1. The van der Waals surface area contributed by atoms with Gasteiger partial charge in [-0.05, 0) is 19.1 Å². The second-order valence-corrected chi connectivity index (χ2v) is 5.38. The summed E-state index contributed by atoms with van der Waals surface area (Å²) in [6, 6.07) is 8.18. The van der Waals surface area contributed by atoms with Crippen LogP contribution in [0.1, 0.15) is 5.76 Å². The Balaban J connectivity index is 1.89. The largest absolute Gasteiger partial charge is 0.361 e. The summed E-state index contributed by atoms with van der Waals surface area (Å²) in [5.74, 6) is 0.703. The summed E-state index contributed by atoms with van der Waals surface area (Å²) < 4.78 is 20.4. The number of hydrogen-bond donors (Lipinski definition) is 0. The van der Waals surface area contributed by atoms with Crippen molar-refractivity contribution < 1.29 is 8.91 Å². The normalized spacial score (nSPS) is 11.3.